The molecule has 2 aromatic rings. The lowest BCUT2D eigenvalue weighted by Crippen LogP contribution is -2.06. The van der Waals surface area contributed by atoms with Crippen LogP contribution in [0.1, 0.15) is 22.8 Å². The van der Waals surface area contributed by atoms with Crippen LogP contribution < -0.4 is 5.32 Å². The first-order valence-corrected chi connectivity index (χ1v) is 6.58. The highest BCUT2D eigenvalue weighted by Crippen LogP contribution is 2.30. The summed E-state index contributed by atoms with van der Waals surface area (Å²) in [4.78, 5) is 12.0. The van der Waals surface area contributed by atoms with Crippen LogP contribution in [0.15, 0.2) is 66.4 Å². The Kier molecular flexibility index (Phi) is 4.65. The van der Waals surface area contributed by atoms with E-state index in [0.29, 0.717) is 11.3 Å². The number of rotatable bonds is 4. The summed E-state index contributed by atoms with van der Waals surface area (Å²) in [5, 5.41) is 2.80. The molecule has 0 unspecified atom stereocenters. The lowest BCUT2D eigenvalue weighted by atomic mass is 10.1. The molecule has 0 saturated carbocycles. The zero-order chi connectivity index (χ0) is 16.2. The summed E-state index contributed by atoms with van der Waals surface area (Å²) >= 11 is 0. The van der Waals surface area contributed by atoms with E-state index in [2.05, 4.69) is 5.32 Å². The maximum atomic E-state index is 12.6. The van der Waals surface area contributed by atoms with Gasteiger partial charge in [0.05, 0.1) is 5.56 Å². The molecule has 0 aliphatic carbocycles. The number of carbonyl (C=O) groups is 1. The smallest absolute Gasteiger partial charge is 0.359 e. The molecule has 0 saturated heterocycles. The van der Waals surface area contributed by atoms with Crippen LogP contribution in [-0.4, -0.2) is 5.78 Å². The molecule has 0 aliphatic heterocycles. The van der Waals surface area contributed by atoms with E-state index in [1.807, 2.05) is 0 Å². The Bertz CT molecular complexity index is 691. The van der Waals surface area contributed by atoms with Crippen molar-refractivity contribution in [2.75, 3.05) is 5.32 Å². The Morgan fingerprint density at radius 3 is 2.36 bits per heavy atom. The predicted molar refractivity (Wildman–Crippen MR) is 79.6 cm³/mol. The number of hydrogen-bond donors (Lipinski definition) is 1. The monoisotopic (exact) mass is 305 g/mol. The van der Waals surface area contributed by atoms with E-state index in [1.165, 1.54) is 18.2 Å². The third-order valence-corrected chi connectivity index (χ3v) is 2.94. The van der Waals surface area contributed by atoms with Gasteiger partial charge in [0, 0.05) is 23.0 Å². The number of halogens is 3. The SMILES string of the molecule is C/C(=C\C(=O)c1ccccc1)Nc1cccc(C(F)(F)F)c1. The third-order valence-electron chi connectivity index (χ3n) is 2.94. The van der Waals surface area contributed by atoms with Gasteiger partial charge in [0.15, 0.2) is 5.78 Å². The molecule has 0 spiro atoms. The molecule has 2 rings (SSSR count). The van der Waals surface area contributed by atoms with Crippen molar-refractivity contribution in [1.82, 2.24) is 0 Å². The minimum absolute atomic E-state index is 0.211. The normalized spacial score (nSPS) is 12.1. The van der Waals surface area contributed by atoms with Gasteiger partial charge in [-0.2, -0.15) is 13.2 Å². The maximum absolute atomic E-state index is 12.6. The van der Waals surface area contributed by atoms with Crippen molar-refractivity contribution in [3.8, 4) is 0 Å². The molecular formula is C17H14F3NO. The Morgan fingerprint density at radius 1 is 1.05 bits per heavy atom. The summed E-state index contributed by atoms with van der Waals surface area (Å²) in [5.41, 5.74) is 0.532. The van der Waals surface area contributed by atoms with Gasteiger partial charge in [-0.05, 0) is 25.1 Å². The van der Waals surface area contributed by atoms with Gasteiger partial charge in [-0.1, -0.05) is 36.4 Å². The molecule has 0 amide bonds. The molecule has 0 radical (unpaired) electrons. The second kappa shape index (κ2) is 6.47. The summed E-state index contributed by atoms with van der Waals surface area (Å²) in [6.07, 6.45) is -3.04. The number of allylic oxidation sites excluding steroid dienone is 2. The predicted octanol–water partition coefficient (Wildman–Crippen LogP) is 4.90. The molecule has 5 heteroatoms. The summed E-state index contributed by atoms with van der Waals surface area (Å²) in [7, 11) is 0. The number of carbonyl (C=O) groups excluding carboxylic acids is 1. The zero-order valence-corrected chi connectivity index (χ0v) is 11.8. The molecule has 2 aromatic carbocycles. The van der Waals surface area contributed by atoms with Gasteiger partial charge in [0.2, 0.25) is 0 Å². The molecule has 0 atom stereocenters. The van der Waals surface area contributed by atoms with E-state index >= 15 is 0 Å². The fraction of sp³-hybridized carbons (Fsp3) is 0.118. The van der Waals surface area contributed by atoms with Gasteiger partial charge in [-0.15, -0.1) is 0 Å². The van der Waals surface area contributed by atoms with Gasteiger partial charge in [-0.25, -0.2) is 0 Å². The second-order valence-electron chi connectivity index (χ2n) is 4.76. The Hall–Kier alpha value is -2.56. The number of benzene rings is 2. The lowest BCUT2D eigenvalue weighted by molar-refractivity contribution is -0.137. The minimum Gasteiger partial charge on any atom is -0.359 e. The quantitative estimate of drug-likeness (QED) is 0.642. The molecule has 22 heavy (non-hydrogen) atoms. The number of ketones is 1. The highest BCUT2D eigenvalue weighted by atomic mass is 19.4. The molecule has 0 heterocycles. The van der Waals surface area contributed by atoms with Crippen LogP contribution in [0.2, 0.25) is 0 Å². The van der Waals surface area contributed by atoms with E-state index in [4.69, 9.17) is 0 Å². The average molecular weight is 305 g/mol. The maximum Gasteiger partial charge on any atom is 0.416 e. The van der Waals surface area contributed by atoms with Crippen LogP contribution in [0, 0.1) is 0 Å². The van der Waals surface area contributed by atoms with Crippen LogP contribution in [0.3, 0.4) is 0 Å². The minimum atomic E-state index is -4.39. The molecule has 1 N–H and O–H groups in total. The van der Waals surface area contributed by atoms with Gasteiger partial charge >= 0.3 is 6.18 Å². The van der Waals surface area contributed by atoms with Gasteiger partial charge in [-0.3, -0.25) is 4.79 Å². The zero-order valence-electron chi connectivity index (χ0n) is 11.8. The first kappa shape index (κ1) is 15.8. The van der Waals surface area contributed by atoms with Crippen molar-refractivity contribution in [2.24, 2.45) is 0 Å². The highest BCUT2D eigenvalue weighted by Gasteiger charge is 2.30. The fourth-order valence-corrected chi connectivity index (χ4v) is 1.92. The summed E-state index contributed by atoms with van der Waals surface area (Å²) in [6.45, 7) is 1.63. The van der Waals surface area contributed by atoms with Crippen molar-refractivity contribution in [3.05, 3.63) is 77.5 Å². The average Bonchev–Trinajstić information content (AvgIpc) is 2.47. The standard InChI is InChI=1S/C17H14F3NO/c1-12(10-16(22)13-6-3-2-4-7-13)21-15-9-5-8-14(11-15)17(18,19)20/h2-11,21H,1H3/b12-10+. The Labute approximate surface area is 126 Å². The van der Waals surface area contributed by atoms with Crippen molar-refractivity contribution in [3.63, 3.8) is 0 Å². The van der Waals surface area contributed by atoms with Gasteiger partial charge in [0.1, 0.15) is 0 Å². The summed E-state index contributed by atoms with van der Waals surface area (Å²) < 4.78 is 37.9. The van der Waals surface area contributed by atoms with E-state index in [-0.39, 0.29) is 11.5 Å². The fourth-order valence-electron chi connectivity index (χ4n) is 1.92. The van der Waals surface area contributed by atoms with E-state index in [9.17, 15) is 18.0 Å². The first-order valence-electron chi connectivity index (χ1n) is 6.58. The molecule has 0 fully saturated rings. The molecule has 0 aliphatic rings. The second-order valence-corrected chi connectivity index (χ2v) is 4.76. The Morgan fingerprint density at radius 2 is 1.73 bits per heavy atom. The molecule has 0 aromatic heterocycles. The molecule has 2 nitrogen and oxygen atoms in total. The third kappa shape index (κ3) is 4.22. The van der Waals surface area contributed by atoms with Crippen molar-refractivity contribution in [1.29, 1.82) is 0 Å². The lowest BCUT2D eigenvalue weighted by Gasteiger charge is -2.10. The van der Waals surface area contributed by atoms with Crippen LogP contribution in [0.5, 0.6) is 0 Å². The van der Waals surface area contributed by atoms with Crippen molar-refractivity contribution in [2.45, 2.75) is 13.1 Å². The van der Waals surface area contributed by atoms with Crippen LogP contribution in [0.25, 0.3) is 0 Å². The van der Waals surface area contributed by atoms with Crippen molar-refractivity contribution >= 4 is 11.5 Å². The number of hydrogen-bond acceptors (Lipinski definition) is 2. The van der Waals surface area contributed by atoms with Gasteiger partial charge < -0.3 is 5.32 Å². The summed E-state index contributed by atoms with van der Waals surface area (Å²) in [5.74, 6) is -0.211. The van der Waals surface area contributed by atoms with Gasteiger partial charge in [0.25, 0.3) is 0 Å². The highest BCUT2D eigenvalue weighted by molar-refractivity contribution is 6.05. The summed E-state index contributed by atoms with van der Waals surface area (Å²) in [6, 6.07) is 13.5. The van der Waals surface area contributed by atoms with Crippen LogP contribution in [-0.2, 0) is 6.18 Å². The largest absolute Gasteiger partial charge is 0.416 e. The van der Waals surface area contributed by atoms with E-state index in [0.717, 1.165) is 12.1 Å². The topological polar surface area (TPSA) is 29.1 Å². The van der Waals surface area contributed by atoms with E-state index in [1.54, 1.807) is 37.3 Å². The first-order chi connectivity index (χ1) is 10.4. The Balaban J connectivity index is 2.13. The number of nitrogens with one attached hydrogen (secondary N) is 1. The van der Waals surface area contributed by atoms with Crippen LogP contribution >= 0.6 is 0 Å². The van der Waals surface area contributed by atoms with E-state index < -0.39 is 11.7 Å². The molecular weight excluding hydrogens is 291 g/mol. The van der Waals surface area contributed by atoms with Crippen molar-refractivity contribution < 1.29 is 18.0 Å². The number of anilines is 1. The molecule has 114 valence electrons. The number of alkyl halides is 3. The van der Waals surface area contributed by atoms with Crippen LogP contribution in [0.4, 0.5) is 18.9 Å². The molecule has 0 bridgehead atoms.